The SMILES string of the molecule is CC(NC(C)c1cccc([N+](=O)[O-])c1)C(=O)O. The summed E-state index contributed by atoms with van der Waals surface area (Å²) in [6.45, 7) is 3.29. The highest BCUT2D eigenvalue weighted by Gasteiger charge is 2.16. The lowest BCUT2D eigenvalue weighted by Gasteiger charge is -2.17. The number of nitrogens with zero attached hydrogens (tertiary/aromatic N) is 1. The quantitative estimate of drug-likeness (QED) is 0.601. The highest BCUT2D eigenvalue weighted by Crippen LogP contribution is 2.19. The third-order valence-electron chi connectivity index (χ3n) is 2.45. The monoisotopic (exact) mass is 238 g/mol. The summed E-state index contributed by atoms with van der Waals surface area (Å²) in [4.78, 5) is 20.8. The Morgan fingerprint density at radius 1 is 1.47 bits per heavy atom. The van der Waals surface area contributed by atoms with Gasteiger partial charge in [-0.25, -0.2) is 0 Å². The zero-order valence-corrected chi connectivity index (χ0v) is 9.58. The molecule has 0 aliphatic rings. The smallest absolute Gasteiger partial charge is 0.320 e. The molecule has 0 saturated carbocycles. The summed E-state index contributed by atoms with van der Waals surface area (Å²) in [5.74, 6) is -0.956. The van der Waals surface area contributed by atoms with Gasteiger partial charge in [0.15, 0.2) is 0 Å². The minimum atomic E-state index is -0.956. The Morgan fingerprint density at radius 2 is 2.12 bits per heavy atom. The normalized spacial score (nSPS) is 14.0. The van der Waals surface area contributed by atoms with Gasteiger partial charge in [-0.2, -0.15) is 0 Å². The van der Waals surface area contributed by atoms with Crippen LogP contribution in [0, 0.1) is 10.1 Å². The standard InChI is InChI=1S/C11H14N2O4/c1-7(12-8(2)11(14)15)9-4-3-5-10(6-9)13(16)17/h3-8,12H,1-2H3,(H,14,15). The van der Waals surface area contributed by atoms with E-state index in [0.717, 1.165) is 0 Å². The highest BCUT2D eigenvalue weighted by atomic mass is 16.6. The summed E-state index contributed by atoms with van der Waals surface area (Å²) in [6, 6.07) is 5.17. The summed E-state index contributed by atoms with van der Waals surface area (Å²) in [7, 11) is 0. The van der Waals surface area contributed by atoms with Crippen LogP contribution in [0.5, 0.6) is 0 Å². The number of carboxylic acids is 1. The molecule has 6 heteroatoms. The van der Waals surface area contributed by atoms with Crippen molar-refractivity contribution in [2.24, 2.45) is 0 Å². The van der Waals surface area contributed by atoms with Crippen molar-refractivity contribution in [1.29, 1.82) is 0 Å². The topological polar surface area (TPSA) is 92.5 Å². The molecular weight excluding hydrogens is 224 g/mol. The molecule has 6 nitrogen and oxygen atoms in total. The minimum absolute atomic E-state index is 0.000807. The largest absolute Gasteiger partial charge is 0.480 e. The molecule has 1 aromatic rings. The van der Waals surface area contributed by atoms with Crippen LogP contribution in [0.3, 0.4) is 0 Å². The van der Waals surface area contributed by atoms with Crippen molar-refractivity contribution in [1.82, 2.24) is 5.32 Å². The van der Waals surface area contributed by atoms with Crippen LogP contribution in [-0.2, 0) is 4.79 Å². The van der Waals surface area contributed by atoms with Gasteiger partial charge < -0.3 is 5.11 Å². The third-order valence-corrected chi connectivity index (χ3v) is 2.45. The van der Waals surface area contributed by atoms with Crippen molar-refractivity contribution in [3.8, 4) is 0 Å². The van der Waals surface area contributed by atoms with Crippen LogP contribution in [0.2, 0.25) is 0 Å². The lowest BCUT2D eigenvalue weighted by molar-refractivity contribution is -0.384. The number of rotatable bonds is 5. The van der Waals surface area contributed by atoms with E-state index in [4.69, 9.17) is 5.11 Å². The zero-order valence-electron chi connectivity index (χ0n) is 9.58. The second kappa shape index (κ2) is 5.40. The number of nitrogens with one attached hydrogen (secondary N) is 1. The average molecular weight is 238 g/mol. The van der Waals surface area contributed by atoms with Crippen LogP contribution < -0.4 is 5.32 Å². The molecule has 1 aromatic carbocycles. The van der Waals surface area contributed by atoms with Gasteiger partial charge >= 0.3 is 5.97 Å². The fourth-order valence-corrected chi connectivity index (χ4v) is 1.45. The lowest BCUT2D eigenvalue weighted by atomic mass is 10.1. The molecule has 0 amide bonds. The molecule has 92 valence electrons. The highest BCUT2D eigenvalue weighted by molar-refractivity contribution is 5.72. The summed E-state index contributed by atoms with van der Waals surface area (Å²) in [5.41, 5.74) is 0.687. The Hall–Kier alpha value is -1.95. The number of hydrogen-bond acceptors (Lipinski definition) is 4. The molecule has 1 rings (SSSR count). The minimum Gasteiger partial charge on any atom is -0.480 e. The summed E-state index contributed by atoms with van der Waals surface area (Å²) < 4.78 is 0. The molecule has 0 spiro atoms. The van der Waals surface area contributed by atoms with Gasteiger partial charge in [-0.15, -0.1) is 0 Å². The van der Waals surface area contributed by atoms with Crippen molar-refractivity contribution in [3.63, 3.8) is 0 Å². The fourth-order valence-electron chi connectivity index (χ4n) is 1.45. The van der Waals surface area contributed by atoms with E-state index in [1.54, 1.807) is 19.1 Å². The lowest BCUT2D eigenvalue weighted by Crippen LogP contribution is -2.35. The molecule has 0 aromatic heterocycles. The molecule has 0 heterocycles. The van der Waals surface area contributed by atoms with E-state index in [1.807, 2.05) is 0 Å². The molecular formula is C11H14N2O4. The molecule has 0 aliphatic heterocycles. The maximum absolute atomic E-state index is 10.7. The maximum atomic E-state index is 10.7. The molecule has 17 heavy (non-hydrogen) atoms. The van der Waals surface area contributed by atoms with Gasteiger partial charge in [0.05, 0.1) is 4.92 Å². The van der Waals surface area contributed by atoms with Crippen molar-refractivity contribution >= 4 is 11.7 Å². The average Bonchev–Trinajstić information content (AvgIpc) is 2.28. The zero-order chi connectivity index (χ0) is 13.0. The van der Waals surface area contributed by atoms with Crippen LogP contribution in [0.25, 0.3) is 0 Å². The summed E-state index contributed by atoms with van der Waals surface area (Å²) in [6.07, 6.45) is 0. The molecule has 2 atom stereocenters. The first-order valence-corrected chi connectivity index (χ1v) is 5.15. The van der Waals surface area contributed by atoms with E-state index in [2.05, 4.69) is 5.32 Å². The van der Waals surface area contributed by atoms with Gasteiger partial charge in [0.1, 0.15) is 6.04 Å². The van der Waals surface area contributed by atoms with E-state index in [-0.39, 0.29) is 11.7 Å². The van der Waals surface area contributed by atoms with Gasteiger partial charge in [-0.05, 0) is 19.4 Å². The Labute approximate surface area is 98.4 Å². The fraction of sp³-hybridized carbons (Fsp3) is 0.364. The first kappa shape index (κ1) is 13.1. The maximum Gasteiger partial charge on any atom is 0.320 e. The molecule has 0 aliphatic carbocycles. The number of carboxylic acid groups (broad SMARTS) is 1. The summed E-state index contributed by atoms with van der Waals surface area (Å²) in [5, 5.41) is 22.2. The molecule has 0 radical (unpaired) electrons. The van der Waals surface area contributed by atoms with E-state index < -0.39 is 16.9 Å². The van der Waals surface area contributed by atoms with Crippen molar-refractivity contribution < 1.29 is 14.8 Å². The Kier molecular flexibility index (Phi) is 4.17. The van der Waals surface area contributed by atoms with Crippen molar-refractivity contribution in [2.45, 2.75) is 25.9 Å². The van der Waals surface area contributed by atoms with Crippen LogP contribution in [0.4, 0.5) is 5.69 Å². The van der Waals surface area contributed by atoms with Gasteiger partial charge in [0.2, 0.25) is 0 Å². The van der Waals surface area contributed by atoms with Crippen LogP contribution in [0.15, 0.2) is 24.3 Å². The van der Waals surface area contributed by atoms with Gasteiger partial charge in [0.25, 0.3) is 5.69 Å². The third kappa shape index (κ3) is 3.53. The first-order valence-electron chi connectivity index (χ1n) is 5.15. The van der Waals surface area contributed by atoms with Gasteiger partial charge in [0, 0.05) is 18.2 Å². The molecule has 0 fully saturated rings. The summed E-state index contributed by atoms with van der Waals surface area (Å²) >= 11 is 0. The second-order valence-electron chi connectivity index (χ2n) is 3.80. The van der Waals surface area contributed by atoms with E-state index in [9.17, 15) is 14.9 Å². The van der Waals surface area contributed by atoms with Crippen molar-refractivity contribution in [2.75, 3.05) is 0 Å². The molecule has 0 saturated heterocycles. The number of nitro groups is 1. The predicted molar refractivity (Wildman–Crippen MR) is 61.7 cm³/mol. The van der Waals surface area contributed by atoms with Gasteiger partial charge in [-0.1, -0.05) is 12.1 Å². The number of nitro benzene ring substituents is 1. The number of non-ortho nitro benzene ring substituents is 1. The number of carbonyl (C=O) groups is 1. The Bertz CT molecular complexity index is 433. The Morgan fingerprint density at radius 3 is 2.65 bits per heavy atom. The molecule has 0 bridgehead atoms. The van der Waals surface area contributed by atoms with Crippen LogP contribution in [-0.4, -0.2) is 22.0 Å². The number of benzene rings is 1. The Balaban J connectivity index is 2.82. The molecule has 2 unspecified atom stereocenters. The first-order chi connectivity index (χ1) is 7.91. The number of aliphatic carboxylic acids is 1. The predicted octanol–water partition coefficient (Wildman–Crippen LogP) is 1.72. The number of hydrogen-bond donors (Lipinski definition) is 2. The van der Waals surface area contributed by atoms with Crippen LogP contribution in [0.1, 0.15) is 25.5 Å². The van der Waals surface area contributed by atoms with E-state index in [1.165, 1.54) is 19.1 Å². The molecule has 2 N–H and O–H groups in total. The van der Waals surface area contributed by atoms with Crippen molar-refractivity contribution in [3.05, 3.63) is 39.9 Å². The van der Waals surface area contributed by atoms with E-state index in [0.29, 0.717) is 5.56 Å². The van der Waals surface area contributed by atoms with Crippen LogP contribution >= 0.6 is 0 Å². The van der Waals surface area contributed by atoms with E-state index >= 15 is 0 Å². The second-order valence-corrected chi connectivity index (χ2v) is 3.80. The van der Waals surface area contributed by atoms with Gasteiger partial charge in [-0.3, -0.25) is 20.2 Å².